The average molecular weight is 393 g/mol. The molecule has 0 saturated heterocycles. The van der Waals surface area contributed by atoms with Crippen LogP contribution < -0.4 is 10.2 Å². The summed E-state index contributed by atoms with van der Waals surface area (Å²) in [5.74, 6) is 0.947. The van der Waals surface area contributed by atoms with Gasteiger partial charge in [-0.2, -0.15) is 5.10 Å². The number of nitrogens with one attached hydrogen (secondary N) is 1. The summed E-state index contributed by atoms with van der Waals surface area (Å²) in [5.41, 5.74) is 4.22. The zero-order valence-corrected chi connectivity index (χ0v) is 15.3. The summed E-state index contributed by atoms with van der Waals surface area (Å²) in [6, 6.07) is 15.4. The van der Waals surface area contributed by atoms with Crippen LogP contribution in [0.4, 0.5) is 0 Å². The molecule has 1 N–H and O–H groups in total. The number of benzene rings is 2. The first-order valence-corrected chi connectivity index (χ1v) is 8.73. The van der Waals surface area contributed by atoms with Crippen LogP contribution in [0.3, 0.4) is 0 Å². The average Bonchev–Trinajstić information content (AvgIpc) is 2.58. The molecule has 120 valence electrons. The van der Waals surface area contributed by atoms with Crippen LogP contribution in [0.1, 0.15) is 12.5 Å². The van der Waals surface area contributed by atoms with Gasteiger partial charge in [0.05, 0.1) is 23.0 Å². The van der Waals surface area contributed by atoms with Crippen molar-refractivity contribution in [2.45, 2.75) is 11.8 Å². The highest BCUT2D eigenvalue weighted by molar-refractivity contribution is 9.10. The molecule has 23 heavy (non-hydrogen) atoms. The van der Waals surface area contributed by atoms with E-state index in [2.05, 4.69) is 26.5 Å². The molecule has 6 heteroatoms. The molecule has 0 aliphatic carbocycles. The van der Waals surface area contributed by atoms with E-state index in [1.54, 1.807) is 7.11 Å². The van der Waals surface area contributed by atoms with Gasteiger partial charge in [-0.25, -0.2) is 5.43 Å². The number of carbonyl (C=O) groups is 1. The van der Waals surface area contributed by atoms with Gasteiger partial charge in [0.1, 0.15) is 5.75 Å². The normalized spacial score (nSPS) is 11.2. The van der Waals surface area contributed by atoms with Crippen LogP contribution in [0.15, 0.2) is 63.0 Å². The second-order valence-electron chi connectivity index (χ2n) is 4.68. The van der Waals surface area contributed by atoms with Gasteiger partial charge in [0.2, 0.25) is 5.91 Å². The molecule has 0 fully saturated rings. The van der Waals surface area contributed by atoms with Crippen molar-refractivity contribution in [3.8, 4) is 5.75 Å². The highest BCUT2D eigenvalue weighted by atomic mass is 79.9. The van der Waals surface area contributed by atoms with E-state index in [4.69, 9.17) is 4.74 Å². The molecule has 0 heterocycles. The van der Waals surface area contributed by atoms with E-state index in [0.29, 0.717) is 5.75 Å². The molecule has 0 aliphatic rings. The highest BCUT2D eigenvalue weighted by Gasteiger charge is 2.05. The summed E-state index contributed by atoms with van der Waals surface area (Å²) in [7, 11) is 1.62. The second kappa shape index (κ2) is 8.74. The summed E-state index contributed by atoms with van der Waals surface area (Å²) in [6.45, 7) is 1.85. The van der Waals surface area contributed by atoms with Crippen molar-refractivity contribution in [2.75, 3.05) is 12.9 Å². The lowest BCUT2D eigenvalue weighted by atomic mass is 10.1. The molecule has 1 amide bonds. The van der Waals surface area contributed by atoms with Crippen molar-refractivity contribution < 1.29 is 9.53 Å². The molecule has 0 unspecified atom stereocenters. The van der Waals surface area contributed by atoms with Crippen molar-refractivity contribution >= 4 is 39.3 Å². The maximum atomic E-state index is 11.9. The molecule has 0 radical (unpaired) electrons. The third-order valence-electron chi connectivity index (χ3n) is 3.03. The quantitative estimate of drug-likeness (QED) is 0.457. The third-order valence-corrected chi connectivity index (χ3v) is 4.66. The Morgan fingerprint density at radius 1 is 1.26 bits per heavy atom. The molecule has 0 aromatic heterocycles. The van der Waals surface area contributed by atoms with Crippen LogP contribution in [0.2, 0.25) is 0 Å². The number of halogens is 1. The summed E-state index contributed by atoms with van der Waals surface area (Å²) in [5, 5.41) is 4.15. The fraction of sp³-hybridized carbons (Fsp3) is 0.176. The molecule has 0 bridgehead atoms. The highest BCUT2D eigenvalue weighted by Crippen LogP contribution is 2.25. The predicted molar refractivity (Wildman–Crippen MR) is 98.2 cm³/mol. The summed E-state index contributed by atoms with van der Waals surface area (Å²) >= 11 is 4.91. The number of nitrogens with zero attached hydrogens (tertiary/aromatic N) is 1. The molecule has 0 spiro atoms. The minimum atomic E-state index is -0.134. The minimum Gasteiger partial charge on any atom is -0.496 e. The lowest BCUT2D eigenvalue weighted by Crippen LogP contribution is -2.21. The van der Waals surface area contributed by atoms with E-state index in [0.717, 1.165) is 26.4 Å². The van der Waals surface area contributed by atoms with E-state index in [9.17, 15) is 4.79 Å². The van der Waals surface area contributed by atoms with Gasteiger partial charge in [-0.3, -0.25) is 4.79 Å². The lowest BCUT2D eigenvalue weighted by molar-refractivity contribution is -0.118. The molecule has 0 saturated carbocycles. The third kappa shape index (κ3) is 5.41. The molecular formula is C17H17BrN2O2S. The standard InChI is InChI=1S/C17H17BrN2O2S/c1-12(13-8-9-16(22-2)15(18)10-13)19-20-17(21)11-23-14-6-4-3-5-7-14/h3-10H,11H2,1-2H3,(H,20,21)/b19-12-. The largest absolute Gasteiger partial charge is 0.496 e. The smallest absolute Gasteiger partial charge is 0.250 e. The number of hydrogen-bond acceptors (Lipinski definition) is 4. The topological polar surface area (TPSA) is 50.7 Å². The van der Waals surface area contributed by atoms with E-state index in [-0.39, 0.29) is 5.91 Å². The Morgan fingerprint density at radius 3 is 2.65 bits per heavy atom. The predicted octanol–water partition coefficient (Wildman–Crippen LogP) is 4.09. The lowest BCUT2D eigenvalue weighted by Gasteiger charge is -2.06. The molecule has 4 nitrogen and oxygen atoms in total. The van der Waals surface area contributed by atoms with Gasteiger partial charge in [-0.05, 0) is 58.7 Å². The van der Waals surface area contributed by atoms with Crippen molar-refractivity contribution in [1.82, 2.24) is 5.43 Å². The molecule has 2 aromatic carbocycles. The summed E-state index contributed by atoms with van der Waals surface area (Å²) in [4.78, 5) is 12.9. The van der Waals surface area contributed by atoms with Crippen LogP contribution in [0, 0.1) is 0 Å². The number of hydrogen-bond donors (Lipinski definition) is 1. The van der Waals surface area contributed by atoms with Gasteiger partial charge in [0, 0.05) is 4.90 Å². The van der Waals surface area contributed by atoms with Crippen molar-refractivity contribution in [1.29, 1.82) is 0 Å². The van der Waals surface area contributed by atoms with Crippen molar-refractivity contribution in [3.05, 3.63) is 58.6 Å². The Bertz CT molecular complexity index is 705. The maximum absolute atomic E-state index is 11.9. The molecule has 2 rings (SSSR count). The molecule has 0 atom stereocenters. The second-order valence-corrected chi connectivity index (χ2v) is 6.59. The Kier molecular flexibility index (Phi) is 6.67. The number of methoxy groups -OCH3 is 1. The van der Waals surface area contributed by atoms with E-state index >= 15 is 0 Å². The van der Waals surface area contributed by atoms with Crippen LogP contribution in [-0.4, -0.2) is 24.5 Å². The van der Waals surface area contributed by atoms with Gasteiger partial charge in [-0.15, -0.1) is 11.8 Å². The molecular weight excluding hydrogens is 376 g/mol. The van der Waals surface area contributed by atoms with Crippen LogP contribution >= 0.6 is 27.7 Å². The van der Waals surface area contributed by atoms with Crippen molar-refractivity contribution in [3.63, 3.8) is 0 Å². The summed E-state index contributed by atoms with van der Waals surface area (Å²) < 4.78 is 6.04. The fourth-order valence-corrected chi connectivity index (χ4v) is 3.05. The maximum Gasteiger partial charge on any atom is 0.250 e. The van der Waals surface area contributed by atoms with Gasteiger partial charge >= 0.3 is 0 Å². The number of rotatable bonds is 6. The zero-order valence-electron chi connectivity index (χ0n) is 12.9. The molecule has 0 aliphatic heterocycles. The SMILES string of the molecule is COc1ccc(/C(C)=N\NC(=O)CSc2ccccc2)cc1Br. The van der Waals surface area contributed by atoms with E-state index < -0.39 is 0 Å². The van der Waals surface area contributed by atoms with Crippen LogP contribution in [0.5, 0.6) is 5.75 Å². The Labute approximate surface area is 148 Å². The van der Waals surface area contributed by atoms with E-state index in [1.807, 2.05) is 55.5 Å². The fourth-order valence-electron chi connectivity index (χ4n) is 1.80. The first-order chi connectivity index (χ1) is 11.1. The monoisotopic (exact) mass is 392 g/mol. The number of amides is 1. The number of ether oxygens (including phenoxy) is 1. The van der Waals surface area contributed by atoms with Gasteiger partial charge in [-0.1, -0.05) is 18.2 Å². The van der Waals surface area contributed by atoms with Gasteiger partial charge in [0.15, 0.2) is 0 Å². The van der Waals surface area contributed by atoms with Gasteiger partial charge in [0.25, 0.3) is 0 Å². The number of thioether (sulfide) groups is 1. The van der Waals surface area contributed by atoms with Crippen LogP contribution in [-0.2, 0) is 4.79 Å². The number of hydrazone groups is 1. The first kappa shape index (κ1) is 17.6. The minimum absolute atomic E-state index is 0.134. The van der Waals surface area contributed by atoms with Crippen molar-refractivity contribution in [2.24, 2.45) is 5.10 Å². The Balaban J connectivity index is 1.91. The Hall–Kier alpha value is -1.79. The Morgan fingerprint density at radius 2 is 2.00 bits per heavy atom. The number of carbonyl (C=O) groups excluding carboxylic acids is 1. The van der Waals surface area contributed by atoms with Crippen LogP contribution in [0.25, 0.3) is 0 Å². The zero-order chi connectivity index (χ0) is 16.7. The first-order valence-electron chi connectivity index (χ1n) is 6.95. The summed E-state index contributed by atoms with van der Waals surface area (Å²) in [6.07, 6.45) is 0. The molecule has 2 aromatic rings. The van der Waals surface area contributed by atoms with E-state index in [1.165, 1.54) is 11.8 Å². The van der Waals surface area contributed by atoms with Gasteiger partial charge < -0.3 is 4.74 Å².